The molecule has 1 fully saturated rings. The molecule has 0 unspecified atom stereocenters. The molecule has 0 aromatic heterocycles. The Bertz CT molecular complexity index is 768. The third kappa shape index (κ3) is 2.31. The molecule has 2 aromatic carbocycles. The van der Waals surface area contributed by atoms with E-state index in [0.29, 0.717) is 23.2 Å². The van der Waals surface area contributed by atoms with E-state index in [-0.39, 0.29) is 5.91 Å². The maximum atomic E-state index is 13.0. The fourth-order valence-corrected chi connectivity index (χ4v) is 4.17. The lowest BCUT2D eigenvalue weighted by molar-refractivity contribution is 0.0595. The first-order valence-electron chi connectivity index (χ1n) is 8.40. The summed E-state index contributed by atoms with van der Waals surface area (Å²) in [6.07, 6.45) is 3.23. The highest BCUT2D eigenvalue weighted by atomic mass is 16.2. The number of benzene rings is 2. The molecule has 23 heavy (non-hydrogen) atoms. The number of rotatable bonds is 1. The van der Waals surface area contributed by atoms with Crippen LogP contribution >= 0.6 is 0 Å². The average molecular weight is 306 g/mol. The summed E-state index contributed by atoms with van der Waals surface area (Å²) in [5, 5.41) is 0. The molecule has 0 bridgehead atoms. The van der Waals surface area contributed by atoms with Crippen molar-refractivity contribution in [2.24, 2.45) is 0 Å². The molecule has 118 valence electrons. The van der Waals surface area contributed by atoms with Gasteiger partial charge in [-0.05, 0) is 55.0 Å². The van der Waals surface area contributed by atoms with Crippen molar-refractivity contribution in [1.82, 2.24) is 4.90 Å². The summed E-state index contributed by atoms with van der Waals surface area (Å²) in [5.41, 5.74) is 11.3. The molecule has 0 spiro atoms. The Balaban J connectivity index is 1.65. The van der Waals surface area contributed by atoms with Crippen LogP contribution in [0.4, 0.5) is 5.69 Å². The van der Waals surface area contributed by atoms with Crippen LogP contribution in [0.5, 0.6) is 0 Å². The lowest BCUT2D eigenvalue weighted by atomic mass is 9.88. The van der Waals surface area contributed by atoms with Gasteiger partial charge in [-0.1, -0.05) is 30.3 Å². The molecule has 1 amide bonds. The molecule has 2 atom stereocenters. The van der Waals surface area contributed by atoms with E-state index in [4.69, 9.17) is 5.73 Å². The molecule has 0 radical (unpaired) electrons. The molecule has 2 aliphatic rings. The van der Waals surface area contributed by atoms with E-state index in [1.54, 1.807) is 0 Å². The molecule has 1 heterocycles. The van der Waals surface area contributed by atoms with Gasteiger partial charge in [0.25, 0.3) is 5.91 Å². The number of carbonyl (C=O) groups is 1. The highest BCUT2D eigenvalue weighted by Crippen LogP contribution is 2.42. The largest absolute Gasteiger partial charge is 0.398 e. The maximum absolute atomic E-state index is 13.0. The molecule has 2 N–H and O–H groups in total. The van der Waals surface area contributed by atoms with Crippen LogP contribution in [0.2, 0.25) is 0 Å². The third-order valence-electron chi connectivity index (χ3n) is 5.45. The summed E-state index contributed by atoms with van der Waals surface area (Å²) in [6.45, 7) is 2.82. The predicted molar refractivity (Wildman–Crippen MR) is 92.5 cm³/mol. The summed E-state index contributed by atoms with van der Waals surface area (Å²) in [4.78, 5) is 15.1. The van der Waals surface area contributed by atoms with Crippen molar-refractivity contribution in [1.29, 1.82) is 0 Å². The summed E-state index contributed by atoms with van der Waals surface area (Å²) in [6, 6.07) is 14.6. The molecule has 1 aliphatic heterocycles. The number of hydrogen-bond acceptors (Lipinski definition) is 2. The molecule has 0 saturated carbocycles. The monoisotopic (exact) mass is 306 g/mol. The zero-order valence-electron chi connectivity index (χ0n) is 13.5. The Morgan fingerprint density at radius 1 is 1.22 bits per heavy atom. The summed E-state index contributed by atoms with van der Waals surface area (Å²) < 4.78 is 0. The first-order chi connectivity index (χ1) is 11.1. The van der Waals surface area contributed by atoms with Gasteiger partial charge in [-0.15, -0.1) is 0 Å². The van der Waals surface area contributed by atoms with E-state index in [9.17, 15) is 4.79 Å². The summed E-state index contributed by atoms with van der Waals surface area (Å²) in [7, 11) is 0. The van der Waals surface area contributed by atoms with Crippen molar-refractivity contribution in [2.75, 3.05) is 12.3 Å². The molecule has 1 saturated heterocycles. The number of nitrogen functional groups attached to an aromatic ring is 1. The Kier molecular flexibility index (Phi) is 3.37. The van der Waals surface area contributed by atoms with E-state index >= 15 is 0 Å². The third-order valence-corrected chi connectivity index (χ3v) is 5.45. The number of aryl methyl sites for hydroxylation is 1. The standard InChI is InChI=1S/C20H22N2O/c1-13-8-9-15(11-18(13)21)20(23)22-10-4-7-17-16-6-3-2-5-14(16)12-19(17)22/h2-3,5-6,8-9,11,17,19H,4,7,10,12,21H2,1H3/t17-,19+/m1/s1. The van der Waals surface area contributed by atoms with Crippen molar-refractivity contribution < 1.29 is 4.79 Å². The average Bonchev–Trinajstić information content (AvgIpc) is 2.95. The molecular weight excluding hydrogens is 284 g/mol. The fourth-order valence-electron chi connectivity index (χ4n) is 4.17. The van der Waals surface area contributed by atoms with Gasteiger partial charge in [-0.2, -0.15) is 0 Å². The minimum atomic E-state index is 0.124. The molecule has 3 heteroatoms. The van der Waals surface area contributed by atoms with E-state index < -0.39 is 0 Å². The van der Waals surface area contributed by atoms with E-state index in [2.05, 4.69) is 29.2 Å². The van der Waals surface area contributed by atoms with Crippen LogP contribution in [0, 0.1) is 6.92 Å². The van der Waals surface area contributed by atoms with E-state index in [1.165, 1.54) is 17.5 Å². The van der Waals surface area contributed by atoms with Gasteiger partial charge >= 0.3 is 0 Å². The quantitative estimate of drug-likeness (QED) is 0.819. The van der Waals surface area contributed by atoms with Gasteiger partial charge < -0.3 is 10.6 Å². The van der Waals surface area contributed by atoms with Crippen LogP contribution in [0.1, 0.15) is 45.8 Å². The van der Waals surface area contributed by atoms with Gasteiger partial charge in [0.1, 0.15) is 0 Å². The lowest BCUT2D eigenvalue weighted by Crippen LogP contribution is -2.46. The number of likely N-dealkylation sites (tertiary alicyclic amines) is 1. The number of anilines is 1. The van der Waals surface area contributed by atoms with Gasteiger partial charge in [-0.3, -0.25) is 4.79 Å². The van der Waals surface area contributed by atoms with Gasteiger partial charge in [0.2, 0.25) is 0 Å². The van der Waals surface area contributed by atoms with E-state index in [0.717, 1.165) is 24.9 Å². The van der Waals surface area contributed by atoms with Crippen LogP contribution in [0.3, 0.4) is 0 Å². The smallest absolute Gasteiger partial charge is 0.254 e. The molecule has 4 rings (SSSR count). The highest BCUT2D eigenvalue weighted by Gasteiger charge is 2.40. The highest BCUT2D eigenvalue weighted by molar-refractivity contribution is 5.95. The van der Waals surface area contributed by atoms with Crippen molar-refractivity contribution in [3.63, 3.8) is 0 Å². The predicted octanol–water partition coefficient (Wildman–Crippen LogP) is 3.52. The minimum absolute atomic E-state index is 0.124. The van der Waals surface area contributed by atoms with Gasteiger partial charge in [-0.25, -0.2) is 0 Å². The Morgan fingerprint density at radius 3 is 2.87 bits per heavy atom. The number of nitrogens with zero attached hydrogens (tertiary/aromatic N) is 1. The van der Waals surface area contributed by atoms with Gasteiger partial charge in [0, 0.05) is 29.8 Å². The minimum Gasteiger partial charge on any atom is -0.398 e. The Labute approximate surface area is 137 Å². The van der Waals surface area contributed by atoms with Crippen LogP contribution in [-0.2, 0) is 6.42 Å². The number of hydrogen-bond donors (Lipinski definition) is 1. The summed E-state index contributed by atoms with van der Waals surface area (Å²) in [5.74, 6) is 0.617. The zero-order chi connectivity index (χ0) is 16.0. The number of nitrogens with two attached hydrogens (primary N) is 1. The number of fused-ring (bicyclic) bond motifs is 3. The molecule has 2 aromatic rings. The zero-order valence-corrected chi connectivity index (χ0v) is 13.5. The van der Waals surface area contributed by atoms with Crippen LogP contribution in [0.15, 0.2) is 42.5 Å². The van der Waals surface area contributed by atoms with E-state index in [1.807, 2.05) is 25.1 Å². The van der Waals surface area contributed by atoms with Crippen LogP contribution in [-0.4, -0.2) is 23.4 Å². The Morgan fingerprint density at radius 2 is 2.04 bits per heavy atom. The SMILES string of the molecule is Cc1ccc(C(=O)N2CCC[C@@H]3c4ccccc4C[C@@H]32)cc1N. The Hall–Kier alpha value is -2.29. The second-order valence-corrected chi connectivity index (χ2v) is 6.79. The molecule has 3 nitrogen and oxygen atoms in total. The number of piperidine rings is 1. The molecular formula is C20H22N2O. The first kappa shape index (κ1) is 14.3. The molecule has 1 aliphatic carbocycles. The fraction of sp³-hybridized carbons (Fsp3) is 0.350. The van der Waals surface area contributed by atoms with Gasteiger partial charge in [0.15, 0.2) is 0 Å². The summed E-state index contributed by atoms with van der Waals surface area (Å²) >= 11 is 0. The number of carbonyl (C=O) groups excluding carboxylic acids is 1. The van der Waals surface area contributed by atoms with Crippen molar-refractivity contribution in [3.05, 3.63) is 64.7 Å². The topological polar surface area (TPSA) is 46.3 Å². The van der Waals surface area contributed by atoms with Crippen LogP contribution in [0.25, 0.3) is 0 Å². The first-order valence-corrected chi connectivity index (χ1v) is 8.40. The van der Waals surface area contributed by atoms with Crippen LogP contribution < -0.4 is 5.73 Å². The normalized spacial score (nSPS) is 22.6. The van der Waals surface area contributed by atoms with Gasteiger partial charge in [0.05, 0.1) is 0 Å². The number of amides is 1. The lowest BCUT2D eigenvalue weighted by Gasteiger charge is -2.38. The maximum Gasteiger partial charge on any atom is 0.254 e. The van der Waals surface area contributed by atoms with Crippen molar-refractivity contribution in [3.8, 4) is 0 Å². The van der Waals surface area contributed by atoms with Crippen molar-refractivity contribution >= 4 is 11.6 Å². The second kappa shape index (κ2) is 5.41. The second-order valence-electron chi connectivity index (χ2n) is 6.79. The van der Waals surface area contributed by atoms with Crippen molar-refractivity contribution in [2.45, 2.75) is 38.1 Å².